The van der Waals surface area contributed by atoms with Gasteiger partial charge in [-0.2, -0.15) is 0 Å². The molecular formula is C13H19NO3S. The number of rotatable bonds is 4. The fourth-order valence-corrected chi connectivity index (χ4v) is 2.93. The predicted octanol–water partition coefficient (Wildman–Crippen LogP) is 2.24. The Balaban J connectivity index is 2.05. The molecule has 0 unspecified atom stereocenters. The SMILES string of the molecule is CS(=O)(=O)c1ccc(OCC2CCCC2)c(N)c1. The van der Waals surface area contributed by atoms with E-state index in [4.69, 9.17) is 10.5 Å². The van der Waals surface area contributed by atoms with Gasteiger partial charge in [-0.3, -0.25) is 0 Å². The van der Waals surface area contributed by atoms with E-state index in [1.807, 2.05) is 0 Å². The summed E-state index contributed by atoms with van der Waals surface area (Å²) in [6, 6.07) is 4.63. The Morgan fingerprint density at radius 1 is 1.33 bits per heavy atom. The van der Waals surface area contributed by atoms with Crippen molar-refractivity contribution in [2.45, 2.75) is 30.6 Å². The van der Waals surface area contributed by atoms with E-state index in [2.05, 4.69) is 0 Å². The minimum Gasteiger partial charge on any atom is -0.491 e. The molecule has 18 heavy (non-hydrogen) atoms. The monoisotopic (exact) mass is 269 g/mol. The van der Waals surface area contributed by atoms with Crippen LogP contribution in [-0.4, -0.2) is 21.3 Å². The summed E-state index contributed by atoms with van der Waals surface area (Å²) < 4.78 is 28.4. The van der Waals surface area contributed by atoms with E-state index in [0.717, 1.165) is 0 Å². The molecule has 0 spiro atoms. The quantitative estimate of drug-likeness (QED) is 0.851. The Hall–Kier alpha value is -1.23. The summed E-state index contributed by atoms with van der Waals surface area (Å²) in [4.78, 5) is 0.230. The Bertz CT molecular complexity index is 519. The number of benzene rings is 1. The lowest BCUT2D eigenvalue weighted by molar-refractivity contribution is 0.253. The predicted molar refractivity (Wildman–Crippen MR) is 71.4 cm³/mol. The Labute approximate surface area is 108 Å². The molecule has 1 aromatic carbocycles. The summed E-state index contributed by atoms with van der Waals surface area (Å²) in [6.45, 7) is 0.669. The van der Waals surface area contributed by atoms with E-state index < -0.39 is 9.84 Å². The molecule has 1 aliphatic carbocycles. The van der Waals surface area contributed by atoms with Crippen molar-refractivity contribution in [2.24, 2.45) is 5.92 Å². The maximum Gasteiger partial charge on any atom is 0.175 e. The lowest BCUT2D eigenvalue weighted by Gasteiger charge is -2.13. The molecule has 5 heteroatoms. The van der Waals surface area contributed by atoms with E-state index in [9.17, 15) is 8.42 Å². The van der Waals surface area contributed by atoms with Crippen LogP contribution < -0.4 is 10.5 Å². The van der Waals surface area contributed by atoms with Crippen LogP contribution in [0.4, 0.5) is 5.69 Å². The molecule has 0 atom stereocenters. The normalized spacial score (nSPS) is 16.9. The topological polar surface area (TPSA) is 69.4 Å². The summed E-state index contributed by atoms with van der Waals surface area (Å²) >= 11 is 0. The average Bonchev–Trinajstić information content (AvgIpc) is 2.79. The molecule has 0 aromatic heterocycles. The smallest absolute Gasteiger partial charge is 0.175 e. The zero-order valence-electron chi connectivity index (χ0n) is 10.6. The van der Waals surface area contributed by atoms with Gasteiger partial charge in [-0.25, -0.2) is 8.42 Å². The van der Waals surface area contributed by atoms with E-state index in [1.54, 1.807) is 6.07 Å². The lowest BCUT2D eigenvalue weighted by atomic mass is 10.1. The van der Waals surface area contributed by atoms with Crippen LogP contribution in [0, 0.1) is 5.92 Å². The molecule has 0 saturated heterocycles. The molecule has 2 N–H and O–H groups in total. The number of nitrogens with two attached hydrogens (primary N) is 1. The largest absolute Gasteiger partial charge is 0.491 e. The van der Waals surface area contributed by atoms with Crippen LogP contribution in [0.15, 0.2) is 23.1 Å². The fourth-order valence-electron chi connectivity index (χ4n) is 2.27. The molecule has 1 aliphatic rings. The number of nitrogen functional groups attached to an aromatic ring is 1. The van der Waals surface area contributed by atoms with Gasteiger partial charge in [0.1, 0.15) is 5.75 Å². The van der Waals surface area contributed by atoms with Gasteiger partial charge < -0.3 is 10.5 Å². The minimum absolute atomic E-state index is 0.230. The molecule has 2 rings (SSSR count). The summed E-state index contributed by atoms with van der Waals surface area (Å²) in [7, 11) is -3.21. The van der Waals surface area contributed by atoms with Crippen molar-refractivity contribution in [3.8, 4) is 5.75 Å². The molecule has 0 heterocycles. The van der Waals surface area contributed by atoms with Gasteiger partial charge in [0.25, 0.3) is 0 Å². The Morgan fingerprint density at radius 3 is 2.56 bits per heavy atom. The third kappa shape index (κ3) is 3.16. The highest BCUT2D eigenvalue weighted by atomic mass is 32.2. The number of sulfone groups is 1. The first-order valence-electron chi connectivity index (χ1n) is 6.19. The van der Waals surface area contributed by atoms with Crippen LogP contribution in [0.5, 0.6) is 5.75 Å². The maximum absolute atomic E-state index is 11.4. The second-order valence-electron chi connectivity index (χ2n) is 4.93. The molecule has 1 fully saturated rings. The van der Waals surface area contributed by atoms with Gasteiger partial charge in [-0.15, -0.1) is 0 Å². The van der Waals surface area contributed by atoms with Crippen molar-refractivity contribution >= 4 is 15.5 Å². The van der Waals surface area contributed by atoms with E-state index >= 15 is 0 Å². The molecule has 1 saturated carbocycles. The van der Waals surface area contributed by atoms with Gasteiger partial charge in [0, 0.05) is 6.26 Å². The van der Waals surface area contributed by atoms with E-state index in [0.29, 0.717) is 24.0 Å². The first kappa shape index (κ1) is 13.2. The Morgan fingerprint density at radius 2 is 2.00 bits per heavy atom. The molecule has 0 bridgehead atoms. The molecule has 4 nitrogen and oxygen atoms in total. The first-order valence-corrected chi connectivity index (χ1v) is 8.08. The molecule has 0 radical (unpaired) electrons. The van der Waals surface area contributed by atoms with Crippen molar-refractivity contribution in [3.63, 3.8) is 0 Å². The van der Waals surface area contributed by atoms with Gasteiger partial charge >= 0.3 is 0 Å². The lowest BCUT2D eigenvalue weighted by Crippen LogP contribution is -2.09. The average molecular weight is 269 g/mol. The molecule has 0 aliphatic heterocycles. The number of hydrogen-bond acceptors (Lipinski definition) is 4. The van der Waals surface area contributed by atoms with Crippen molar-refractivity contribution in [1.82, 2.24) is 0 Å². The number of anilines is 1. The van der Waals surface area contributed by atoms with Gasteiger partial charge in [0.05, 0.1) is 17.2 Å². The third-order valence-electron chi connectivity index (χ3n) is 3.36. The van der Waals surface area contributed by atoms with Crippen molar-refractivity contribution in [1.29, 1.82) is 0 Å². The summed E-state index contributed by atoms with van der Waals surface area (Å²) in [5, 5.41) is 0. The van der Waals surface area contributed by atoms with Gasteiger partial charge in [0.15, 0.2) is 9.84 Å². The highest BCUT2D eigenvalue weighted by Crippen LogP contribution is 2.28. The van der Waals surface area contributed by atoms with Crippen LogP contribution in [-0.2, 0) is 9.84 Å². The van der Waals surface area contributed by atoms with Crippen molar-refractivity contribution in [2.75, 3.05) is 18.6 Å². The minimum atomic E-state index is -3.21. The van der Waals surface area contributed by atoms with Crippen LogP contribution in [0.1, 0.15) is 25.7 Å². The van der Waals surface area contributed by atoms with Crippen LogP contribution in [0.3, 0.4) is 0 Å². The van der Waals surface area contributed by atoms with Crippen LogP contribution >= 0.6 is 0 Å². The summed E-state index contributed by atoms with van der Waals surface area (Å²) in [5.41, 5.74) is 6.20. The van der Waals surface area contributed by atoms with Crippen LogP contribution in [0.2, 0.25) is 0 Å². The maximum atomic E-state index is 11.4. The molecule has 0 amide bonds. The molecular weight excluding hydrogens is 250 g/mol. The van der Waals surface area contributed by atoms with E-state index in [1.165, 1.54) is 44.1 Å². The fraction of sp³-hybridized carbons (Fsp3) is 0.538. The second-order valence-corrected chi connectivity index (χ2v) is 6.95. The standard InChI is InChI=1S/C13H19NO3S/c1-18(15,16)11-6-7-13(12(14)8-11)17-9-10-4-2-3-5-10/h6-8,10H,2-5,9,14H2,1H3. The second kappa shape index (κ2) is 5.18. The van der Waals surface area contributed by atoms with Crippen molar-refractivity contribution in [3.05, 3.63) is 18.2 Å². The zero-order chi connectivity index (χ0) is 13.2. The highest BCUT2D eigenvalue weighted by Gasteiger charge is 2.16. The number of hydrogen-bond donors (Lipinski definition) is 1. The highest BCUT2D eigenvalue weighted by molar-refractivity contribution is 7.90. The van der Waals surface area contributed by atoms with E-state index in [-0.39, 0.29) is 4.90 Å². The van der Waals surface area contributed by atoms with Crippen LogP contribution in [0.25, 0.3) is 0 Å². The number of ether oxygens (including phenoxy) is 1. The summed E-state index contributed by atoms with van der Waals surface area (Å²) in [6.07, 6.45) is 6.14. The third-order valence-corrected chi connectivity index (χ3v) is 4.47. The Kier molecular flexibility index (Phi) is 3.80. The van der Waals surface area contributed by atoms with Gasteiger partial charge in [0.2, 0.25) is 0 Å². The van der Waals surface area contributed by atoms with Crippen molar-refractivity contribution < 1.29 is 13.2 Å². The van der Waals surface area contributed by atoms with Gasteiger partial charge in [-0.05, 0) is 37.0 Å². The molecule has 1 aromatic rings. The van der Waals surface area contributed by atoms with Gasteiger partial charge in [-0.1, -0.05) is 12.8 Å². The zero-order valence-corrected chi connectivity index (χ0v) is 11.4. The summed E-state index contributed by atoms with van der Waals surface area (Å²) in [5.74, 6) is 1.19. The first-order chi connectivity index (χ1) is 8.47. The molecule has 100 valence electrons.